The standard InChI is InChI=1S/C21H21ClN6/c1-13-5-7-15(8-6-13)18-11-25-21(26-18)16-4-3-9-28(14(16)2)19-12-24-17(10-23)20(22)27-19/h5-8,11-12,14,16H,3-4,9H2,1-2H3,(H,25,26)/t14-,16-/m1/s1. The summed E-state index contributed by atoms with van der Waals surface area (Å²) in [6, 6.07) is 10.6. The number of benzene rings is 1. The molecular weight excluding hydrogens is 372 g/mol. The van der Waals surface area contributed by atoms with Crippen molar-refractivity contribution >= 4 is 17.4 Å². The molecule has 7 heteroatoms. The fourth-order valence-corrected chi connectivity index (χ4v) is 3.99. The lowest BCUT2D eigenvalue weighted by Gasteiger charge is -2.39. The summed E-state index contributed by atoms with van der Waals surface area (Å²) in [7, 11) is 0. The molecule has 1 fully saturated rings. The third kappa shape index (κ3) is 3.46. The molecule has 2 atom stereocenters. The summed E-state index contributed by atoms with van der Waals surface area (Å²) in [6.07, 6.45) is 5.61. The minimum Gasteiger partial charge on any atom is -0.352 e. The lowest BCUT2D eigenvalue weighted by Crippen LogP contribution is -2.43. The Morgan fingerprint density at radius 3 is 2.71 bits per heavy atom. The van der Waals surface area contributed by atoms with Gasteiger partial charge in [-0.05, 0) is 32.3 Å². The molecule has 28 heavy (non-hydrogen) atoms. The second-order valence-electron chi connectivity index (χ2n) is 7.21. The zero-order valence-corrected chi connectivity index (χ0v) is 16.6. The number of aryl methyl sites for hydroxylation is 1. The molecule has 4 rings (SSSR count). The van der Waals surface area contributed by atoms with Crippen molar-refractivity contribution in [2.24, 2.45) is 0 Å². The van der Waals surface area contributed by atoms with E-state index >= 15 is 0 Å². The number of aromatic amines is 1. The van der Waals surface area contributed by atoms with Gasteiger partial charge in [0.15, 0.2) is 10.8 Å². The van der Waals surface area contributed by atoms with E-state index in [9.17, 15) is 0 Å². The molecule has 0 unspecified atom stereocenters. The first-order chi connectivity index (χ1) is 13.6. The molecule has 6 nitrogen and oxygen atoms in total. The molecule has 3 aromatic rings. The fourth-order valence-electron chi connectivity index (χ4n) is 3.81. The molecule has 0 aliphatic carbocycles. The van der Waals surface area contributed by atoms with Gasteiger partial charge in [0.05, 0.1) is 18.1 Å². The van der Waals surface area contributed by atoms with Gasteiger partial charge in [0, 0.05) is 18.5 Å². The molecule has 1 N–H and O–H groups in total. The van der Waals surface area contributed by atoms with Crippen LogP contribution in [0.2, 0.25) is 5.15 Å². The van der Waals surface area contributed by atoms with Crippen LogP contribution in [0.5, 0.6) is 0 Å². The van der Waals surface area contributed by atoms with Crippen molar-refractivity contribution in [3.63, 3.8) is 0 Å². The Morgan fingerprint density at radius 2 is 2.00 bits per heavy atom. The summed E-state index contributed by atoms with van der Waals surface area (Å²) in [4.78, 5) is 18.9. The molecule has 1 aliphatic heterocycles. The summed E-state index contributed by atoms with van der Waals surface area (Å²) in [6.45, 7) is 5.13. The maximum atomic E-state index is 9.01. The number of rotatable bonds is 3. The number of nitrogens with zero attached hydrogens (tertiary/aromatic N) is 5. The van der Waals surface area contributed by atoms with Crippen molar-refractivity contribution in [2.75, 3.05) is 11.4 Å². The number of hydrogen-bond donors (Lipinski definition) is 1. The highest BCUT2D eigenvalue weighted by Gasteiger charge is 2.32. The minimum absolute atomic E-state index is 0.147. The molecule has 0 radical (unpaired) electrons. The van der Waals surface area contributed by atoms with Crippen LogP contribution in [0.4, 0.5) is 5.82 Å². The van der Waals surface area contributed by atoms with Crippen molar-refractivity contribution in [1.82, 2.24) is 19.9 Å². The normalized spacial score (nSPS) is 19.4. The summed E-state index contributed by atoms with van der Waals surface area (Å²) < 4.78 is 0. The Balaban J connectivity index is 1.58. The van der Waals surface area contributed by atoms with Gasteiger partial charge in [-0.25, -0.2) is 15.0 Å². The fraction of sp³-hybridized carbons (Fsp3) is 0.333. The predicted octanol–water partition coefficient (Wildman–Crippen LogP) is 4.47. The van der Waals surface area contributed by atoms with Crippen LogP contribution in [0.1, 0.15) is 42.8 Å². The SMILES string of the molecule is Cc1ccc(-c2cnc([C@@H]3CCCN(c4cnc(C#N)c(Cl)n4)[C@@H]3C)[nH]2)cc1. The van der Waals surface area contributed by atoms with E-state index in [0.29, 0.717) is 5.82 Å². The zero-order chi connectivity index (χ0) is 19.7. The van der Waals surface area contributed by atoms with E-state index in [2.05, 4.69) is 62.9 Å². The van der Waals surface area contributed by atoms with E-state index < -0.39 is 0 Å². The average molecular weight is 393 g/mol. The molecule has 3 heterocycles. The van der Waals surface area contributed by atoms with Gasteiger partial charge in [-0.1, -0.05) is 41.4 Å². The molecule has 1 aromatic carbocycles. The topological polar surface area (TPSA) is 81.5 Å². The molecular formula is C21H21ClN6. The van der Waals surface area contributed by atoms with Gasteiger partial charge in [-0.3, -0.25) is 0 Å². The number of nitriles is 1. The van der Waals surface area contributed by atoms with Crippen LogP contribution in [0.25, 0.3) is 11.3 Å². The molecule has 1 saturated heterocycles. The van der Waals surface area contributed by atoms with Gasteiger partial charge in [0.2, 0.25) is 0 Å². The highest BCUT2D eigenvalue weighted by atomic mass is 35.5. The first-order valence-corrected chi connectivity index (χ1v) is 9.76. The van der Waals surface area contributed by atoms with Crippen LogP contribution in [-0.4, -0.2) is 32.5 Å². The van der Waals surface area contributed by atoms with E-state index in [1.54, 1.807) is 6.20 Å². The third-order valence-electron chi connectivity index (χ3n) is 5.41. The van der Waals surface area contributed by atoms with Crippen molar-refractivity contribution in [1.29, 1.82) is 5.26 Å². The third-order valence-corrected chi connectivity index (χ3v) is 5.68. The van der Waals surface area contributed by atoms with Crippen molar-refractivity contribution < 1.29 is 0 Å². The van der Waals surface area contributed by atoms with E-state index in [4.69, 9.17) is 16.9 Å². The summed E-state index contributed by atoms with van der Waals surface area (Å²) in [5.74, 6) is 1.94. The van der Waals surface area contributed by atoms with Crippen molar-refractivity contribution in [2.45, 2.75) is 38.6 Å². The molecule has 0 amide bonds. The lowest BCUT2D eigenvalue weighted by atomic mass is 9.89. The number of imidazole rings is 1. The molecule has 142 valence electrons. The number of H-pyrrole nitrogens is 1. The van der Waals surface area contributed by atoms with Gasteiger partial charge in [-0.15, -0.1) is 0 Å². The molecule has 0 bridgehead atoms. The maximum Gasteiger partial charge on any atom is 0.178 e. The number of nitrogens with one attached hydrogen (secondary N) is 1. The highest BCUT2D eigenvalue weighted by Crippen LogP contribution is 2.34. The quantitative estimate of drug-likeness (QED) is 0.710. The van der Waals surface area contributed by atoms with E-state index in [0.717, 1.165) is 36.5 Å². The number of hydrogen-bond acceptors (Lipinski definition) is 5. The van der Waals surface area contributed by atoms with Crippen LogP contribution in [0.15, 0.2) is 36.7 Å². The van der Waals surface area contributed by atoms with E-state index in [-0.39, 0.29) is 22.8 Å². The van der Waals surface area contributed by atoms with Crippen molar-refractivity contribution in [3.05, 3.63) is 58.9 Å². The minimum atomic E-state index is 0.147. The Bertz CT molecular complexity index is 1020. The Kier molecular flexibility index (Phi) is 5.01. The van der Waals surface area contributed by atoms with Crippen LogP contribution < -0.4 is 4.90 Å². The van der Waals surface area contributed by atoms with Gasteiger partial charge >= 0.3 is 0 Å². The van der Waals surface area contributed by atoms with Crippen LogP contribution >= 0.6 is 11.6 Å². The van der Waals surface area contributed by atoms with Crippen molar-refractivity contribution in [3.8, 4) is 17.3 Å². The van der Waals surface area contributed by atoms with Crippen LogP contribution in [-0.2, 0) is 0 Å². The Morgan fingerprint density at radius 1 is 1.21 bits per heavy atom. The number of halogens is 1. The largest absolute Gasteiger partial charge is 0.352 e. The second-order valence-corrected chi connectivity index (χ2v) is 7.57. The predicted molar refractivity (Wildman–Crippen MR) is 109 cm³/mol. The summed E-state index contributed by atoms with van der Waals surface area (Å²) in [5, 5.41) is 9.16. The van der Waals surface area contributed by atoms with Gasteiger partial charge < -0.3 is 9.88 Å². The number of aromatic nitrogens is 4. The first-order valence-electron chi connectivity index (χ1n) is 9.38. The van der Waals surface area contributed by atoms with E-state index in [1.807, 2.05) is 12.3 Å². The van der Waals surface area contributed by atoms with Gasteiger partial charge in [0.25, 0.3) is 0 Å². The monoisotopic (exact) mass is 392 g/mol. The van der Waals surface area contributed by atoms with Crippen LogP contribution in [0.3, 0.4) is 0 Å². The summed E-state index contributed by atoms with van der Waals surface area (Å²) in [5.41, 5.74) is 3.55. The van der Waals surface area contributed by atoms with Crippen LogP contribution in [0, 0.1) is 18.3 Å². The molecule has 0 spiro atoms. The lowest BCUT2D eigenvalue weighted by molar-refractivity contribution is 0.407. The highest BCUT2D eigenvalue weighted by molar-refractivity contribution is 6.30. The van der Waals surface area contributed by atoms with Gasteiger partial charge in [-0.2, -0.15) is 5.26 Å². The maximum absolute atomic E-state index is 9.01. The summed E-state index contributed by atoms with van der Waals surface area (Å²) >= 11 is 6.09. The second kappa shape index (κ2) is 7.61. The molecule has 0 saturated carbocycles. The number of anilines is 1. The smallest absolute Gasteiger partial charge is 0.178 e. The average Bonchev–Trinajstić information content (AvgIpc) is 3.18. The zero-order valence-electron chi connectivity index (χ0n) is 15.9. The van der Waals surface area contributed by atoms with Gasteiger partial charge in [0.1, 0.15) is 17.7 Å². The van der Waals surface area contributed by atoms with E-state index in [1.165, 1.54) is 5.56 Å². The Labute approximate surface area is 169 Å². The first kappa shape index (κ1) is 18.5. The number of piperidine rings is 1. The molecule has 2 aromatic heterocycles. The Hall–Kier alpha value is -2.91. The molecule has 1 aliphatic rings.